The Bertz CT molecular complexity index is 459. The number of rotatable bonds is 3. The average Bonchev–Trinajstić information content (AvgIpc) is 2.77. The van der Waals surface area contributed by atoms with Crippen molar-refractivity contribution in [3.63, 3.8) is 0 Å². The summed E-state index contributed by atoms with van der Waals surface area (Å²) in [5, 5.41) is 13.0. The van der Waals surface area contributed by atoms with E-state index in [0.717, 1.165) is 25.7 Å². The zero-order chi connectivity index (χ0) is 13.2. The maximum atomic E-state index is 11.9. The van der Waals surface area contributed by atoms with Crippen LogP contribution >= 0.6 is 11.6 Å². The first-order valence-corrected chi connectivity index (χ1v) is 6.30. The fourth-order valence-corrected chi connectivity index (χ4v) is 2.34. The highest BCUT2D eigenvalue weighted by Crippen LogP contribution is 2.28. The minimum absolute atomic E-state index is 0.217. The Morgan fingerprint density at radius 2 is 2.22 bits per heavy atom. The second-order valence-electron chi connectivity index (χ2n) is 4.71. The average molecular weight is 270 g/mol. The van der Waals surface area contributed by atoms with Gasteiger partial charge in [-0.3, -0.25) is 4.79 Å². The predicted octanol–water partition coefficient (Wildman–Crippen LogP) is 1.35. The first-order chi connectivity index (χ1) is 8.50. The molecule has 6 heteroatoms. The van der Waals surface area contributed by atoms with Crippen LogP contribution in [0.4, 0.5) is 5.69 Å². The van der Waals surface area contributed by atoms with Gasteiger partial charge in [0.1, 0.15) is 5.15 Å². The second kappa shape index (κ2) is 5.12. The number of nitrogens with zero attached hydrogens (tertiary/aromatic N) is 1. The molecule has 98 valence electrons. The number of anilines is 1. The second-order valence-corrected chi connectivity index (χ2v) is 5.10. The molecule has 0 aromatic carbocycles. The molecule has 0 saturated heterocycles. The van der Waals surface area contributed by atoms with Crippen LogP contribution in [0.15, 0.2) is 12.3 Å². The number of nitrogens with one attached hydrogen (secondary N) is 1. The van der Waals surface area contributed by atoms with Crippen molar-refractivity contribution >= 4 is 23.2 Å². The summed E-state index contributed by atoms with van der Waals surface area (Å²) in [7, 11) is 0. The molecule has 1 saturated carbocycles. The van der Waals surface area contributed by atoms with E-state index in [2.05, 4.69) is 10.3 Å². The van der Waals surface area contributed by atoms with Gasteiger partial charge in [-0.25, -0.2) is 4.98 Å². The molecule has 0 unspecified atom stereocenters. The van der Waals surface area contributed by atoms with Crippen LogP contribution in [0.1, 0.15) is 36.0 Å². The van der Waals surface area contributed by atoms with Crippen LogP contribution in [-0.2, 0) is 0 Å². The Hall–Kier alpha value is -1.33. The van der Waals surface area contributed by atoms with E-state index in [1.807, 2.05) is 0 Å². The maximum absolute atomic E-state index is 11.9. The van der Waals surface area contributed by atoms with E-state index in [9.17, 15) is 9.90 Å². The van der Waals surface area contributed by atoms with Gasteiger partial charge < -0.3 is 16.2 Å². The minimum Gasteiger partial charge on any atom is -0.397 e. The first kappa shape index (κ1) is 13.1. The lowest BCUT2D eigenvalue weighted by molar-refractivity contribution is 0.0450. The molecule has 18 heavy (non-hydrogen) atoms. The SMILES string of the molecule is Nc1cnc(Cl)cc1C(=O)NCC1(O)CCCC1. The number of halogens is 1. The van der Waals surface area contributed by atoms with Gasteiger partial charge in [0.05, 0.1) is 23.0 Å². The number of hydrogen-bond donors (Lipinski definition) is 3. The fraction of sp³-hybridized carbons (Fsp3) is 0.500. The van der Waals surface area contributed by atoms with Crippen molar-refractivity contribution in [2.24, 2.45) is 0 Å². The van der Waals surface area contributed by atoms with Crippen LogP contribution in [0, 0.1) is 0 Å². The van der Waals surface area contributed by atoms with E-state index in [-0.39, 0.29) is 28.9 Å². The van der Waals surface area contributed by atoms with Gasteiger partial charge in [0.25, 0.3) is 5.91 Å². The highest BCUT2D eigenvalue weighted by molar-refractivity contribution is 6.29. The Labute approximate surface area is 110 Å². The molecule has 1 amide bonds. The molecule has 0 spiro atoms. The van der Waals surface area contributed by atoms with Crippen LogP contribution in [-0.4, -0.2) is 28.1 Å². The van der Waals surface area contributed by atoms with Crippen molar-refractivity contribution < 1.29 is 9.90 Å². The van der Waals surface area contributed by atoms with E-state index in [1.165, 1.54) is 12.3 Å². The quantitative estimate of drug-likeness (QED) is 0.723. The van der Waals surface area contributed by atoms with Crippen molar-refractivity contribution in [2.45, 2.75) is 31.3 Å². The van der Waals surface area contributed by atoms with Crippen molar-refractivity contribution in [1.29, 1.82) is 0 Å². The number of pyridine rings is 1. The van der Waals surface area contributed by atoms with E-state index in [1.54, 1.807) is 0 Å². The molecule has 1 aliphatic carbocycles. The van der Waals surface area contributed by atoms with Crippen LogP contribution in [0.25, 0.3) is 0 Å². The minimum atomic E-state index is -0.777. The topological polar surface area (TPSA) is 88.2 Å². The number of hydrogen-bond acceptors (Lipinski definition) is 4. The lowest BCUT2D eigenvalue weighted by Gasteiger charge is -2.22. The standard InChI is InChI=1S/C12H16ClN3O2/c13-10-5-8(9(14)6-15-10)11(17)16-7-12(18)3-1-2-4-12/h5-6,18H,1-4,7,14H2,(H,16,17). The molecule has 4 N–H and O–H groups in total. The van der Waals surface area contributed by atoms with Crippen LogP contribution in [0.3, 0.4) is 0 Å². The third-order valence-corrected chi connectivity index (χ3v) is 3.47. The maximum Gasteiger partial charge on any atom is 0.253 e. The number of carbonyl (C=O) groups is 1. The number of aromatic nitrogens is 1. The van der Waals surface area contributed by atoms with Crippen molar-refractivity contribution in [3.8, 4) is 0 Å². The number of aliphatic hydroxyl groups is 1. The van der Waals surface area contributed by atoms with Crippen LogP contribution in [0.2, 0.25) is 5.15 Å². The summed E-state index contributed by atoms with van der Waals surface area (Å²) in [6, 6.07) is 1.42. The summed E-state index contributed by atoms with van der Waals surface area (Å²) in [6.07, 6.45) is 4.78. The molecule has 0 aliphatic heterocycles. The lowest BCUT2D eigenvalue weighted by atomic mass is 10.0. The van der Waals surface area contributed by atoms with Gasteiger partial charge in [0, 0.05) is 6.54 Å². The Morgan fingerprint density at radius 1 is 1.56 bits per heavy atom. The molecule has 2 rings (SSSR count). The van der Waals surface area contributed by atoms with E-state index in [4.69, 9.17) is 17.3 Å². The van der Waals surface area contributed by atoms with Gasteiger partial charge in [0.15, 0.2) is 0 Å². The molecule has 0 radical (unpaired) electrons. The highest BCUT2D eigenvalue weighted by Gasteiger charge is 2.31. The predicted molar refractivity (Wildman–Crippen MR) is 69.4 cm³/mol. The van der Waals surface area contributed by atoms with Gasteiger partial charge >= 0.3 is 0 Å². The molecule has 0 atom stereocenters. The van der Waals surface area contributed by atoms with Gasteiger partial charge in [-0.2, -0.15) is 0 Å². The number of amides is 1. The molecule has 1 aliphatic rings. The molecular formula is C12H16ClN3O2. The van der Waals surface area contributed by atoms with Gasteiger partial charge in [-0.1, -0.05) is 24.4 Å². The number of carbonyl (C=O) groups excluding carboxylic acids is 1. The lowest BCUT2D eigenvalue weighted by Crippen LogP contribution is -2.40. The van der Waals surface area contributed by atoms with E-state index >= 15 is 0 Å². The number of nitrogens with two attached hydrogens (primary N) is 1. The Morgan fingerprint density at radius 3 is 2.89 bits per heavy atom. The van der Waals surface area contributed by atoms with Crippen molar-refractivity contribution in [1.82, 2.24) is 10.3 Å². The van der Waals surface area contributed by atoms with Gasteiger partial charge in [-0.15, -0.1) is 0 Å². The molecule has 1 aromatic rings. The van der Waals surface area contributed by atoms with Crippen LogP contribution < -0.4 is 11.1 Å². The fourth-order valence-electron chi connectivity index (χ4n) is 2.19. The van der Waals surface area contributed by atoms with Crippen molar-refractivity contribution in [2.75, 3.05) is 12.3 Å². The van der Waals surface area contributed by atoms with Gasteiger partial charge in [0.2, 0.25) is 0 Å². The molecule has 5 nitrogen and oxygen atoms in total. The highest BCUT2D eigenvalue weighted by atomic mass is 35.5. The normalized spacial score (nSPS) is 17.7. The van der Waals surface area contributed by atoms with Gasteiger partial charge in [-0.05, 0) is 18.9 Å². The van der Waals surface area contributed by atoms with Crippen LogP contribution in [0.5, 0.6) is 0 Å². The molecule has 1 aromatic heterocycles. The summed E-state index contributed by atoms with van der Waals surface area (Å²) in [6.45, 7) is 0.241. The summed E-state index contributed by atoms with van der Waals surface area (Å²) in [5.74, 6) is -0.336. The monoisotopic (exact) mass is 269 g/mol. The summed E-state index contributed by atoms with van der Waals surface area (Å²) in [5.41, 5.74) is 5.45. The molecule has 1 heterocycles. The third-order valence-electron chi connectivity index (χ3n) is 3.26. The summed E-state index contributed by atoms with van der Waals surface area (Å²) >= 11 is 5.72. The molecule has 0 bridgehead atoms. The smallest absolute Gasteiger partial charge is 0.253 e. The Balaban J connectivity index is 2.01. The summed E-state index contributed by atoms with van der Waals surface area (Å²) < 4.78 is 0. The molecular weight excluding hydrogens is 254 g/mol. The zero-order valence-corrected chi connectivity index (χ0v) is 10.7. The van der Waals surface area contributed by atoms with E-state index < -0.39 is 5.60 Å². The van der Waals surface area contributed by atoms with E-state index in [0.29, 0.717) is 0 Å². The largest absolute Gasteiger partial charge is 0.397 e. The first-order valence-electron chi connectivity index (χ1n) is 5.92. The zero-order valence-electron chi connectivity index (χ0n) is 9.95. The third kappa shape index (κ3) is 2.91. The molecule has 1 fully saturated rings. The van der Waals surface area contributed by atoms with Crippen molar-refractivity contribution in [3.05, 3.63) is 23.0 Å². The Kier molecular flexibility index (Phi) is 3.73. The summed E-state index contributed by atoms with van der Waals surface area (Å²) in [4.78, 5) is 15.7. The number of nitrogen functional groups attached to an aromatic ring is 1.